The number of allylic oxidation sites excluding steroid dienone is 1. The van der Waals surface area contributed by atoms with Crippen molar-refractivity contribution < 1.29 is 5.48 Å². The number of nitrogens with two attached hydrogens (primary N) is 1. The fourth-order valence-electron chi connectivity index (χ4n) is 1.48. The van der Waals surface area contributed by atoms with Gasteiger partial charge >= 0.3 is 0 Å². The summed E-state index contributed by atoms with van der Waals surface area (Å²) in [5, 5.41) is 0. The Bertz CT molecular complexity index is 299. The molecule has 0 atom stereocenters. The second kappa shape index (κ2) is 4.94. The van der Waals surface area contributed by atoms with E-state index in [0.29, 0.717) is 0 Å². The van der Waals surface area contributed by atoms with Crippen LogP contribution in [0.4, 0.5) is 0 Å². The molecule has 0 spiro atoms. The molecule has 0 bridgehead atoms. The van der Waals surface area contributed by atoms with Crippen LogP contribution < -0.4 is 5.73 Å². The van der Waals surface area contributed by atoms with E-state index < -0.39 is 0 Å². The molecule has 0 unspecified atom stereocenters. The summed E-state index contributed by atoms with van der Waals surface area (Å²) in [4.78, 5) is 0. The molecular formula is C12H19NO. The van der Waals surface area contributed by atoms with Gasteiger partial charge in [0.25, 0.3) is 0 Å². The summed E-state index contributed by atoms with van der Waals surface area (Å²) in [5.74, 6) is 0. The Labute approximate surface area is 85.8 Å². The van der Waals surface area contributed by atoms with Crippen LogP contribution in [0.15, 0.2) is 36.9 Å². The average Bonchev–Trinajstić information content (AvgIpc) is 2.04. The molecule has 78 valence electrons. The molecular weight excluding hydrogens is 174 g/mol. The van der Waals surface area contributed by atoms with Gasteiger partial charge in [-0.15, -0.1) is 6.58 Å². The maximum Gasteiger partial charge on any atom is 0.0355 e. The first-order valence-electron chi connectivity index (χ1n) is 4.54. The highest BCUT2D eigenvalue weighted by Crippen LogP contribution is 2.21. The Morgan fingerprint density at radius 1 is 1.36 bits per heavy atom. The van der Waals surface area contributed by atoms with Gasteiger partial charge in [-0.1, -0.05) is 30.3 Å². The van der Waals surface area contributed by atoms with Gasteiger partial charge in [-0.2, -0.15) is 0 Å². The zero-order chi connectivity index (χ0) is 9.90. The molecule has 0 saturated carbocycles. The summed E-state index contributed by atoms with van der Waals surface area (Å²) in [5.41, 5.74) is 8.26. The summed E-state index contributed by atoms with van der Waals surface area (Å²) < 4.78 is 0. The Hall–Kier alpha value is -1.12. The zero-order valence-corrected chi connectivity index (χ0v) is 8.88. The van der Waals surface area contributed by atoms with E-state index in [2.05, 4.69) is 18.7 Å². The van der Waals surface area contributed by atoms with Crippen molar-refractivity contribution >= 4 is 0 Å². The van der Waals surface area contributed by atoms with Gasteiger partial charge in [0.05, 0.1) is 0 Å². The smallest absolute Gasteiger partial charge is 0.0355 e. The van der Waals surface area contributed by atoms with Crippen LogP contribution >= 0.6 is 0 Å². The Balaban J connectivity index is 0.00000169. The molecule has 0 aliphatic heterocycles. The molecule has 0 aliphatic carbocycles. The molecule has 0 aliphatic rings. The van der Waals surface area contributed by atoms with Gasteiger partial charge in [-0.3, -0.25) is 0 Å². The Morgan fingerprint density at radius 2 is 1.93 bits per heavy atom. The molecule has 2 heteroatoms. The van der Waals surface area contributed by atoms with Crippen LogP contribution in [0.3, 0.4) is 0 Å². The third kappa shape index (κ3) is 2.98. The first-order chi connectivity index (χ1) is 6.05. The molecule has 1 rings (SSSR count). The SMILES string of the molecule is C=CCc1ccccc1C(C)(C)N.O. The zero-order valence-electron chi connectivity index (χ0n) is 8.88. The second-order valence-electron chi connectivity index (χ2n) is 3.87. The van der Waals surface area contributed by atoms with E-state index in [4.69, 9.17) is 5.73 Å². The van der Waals surface area contributed by atoms with Crippen LogP contribution in [0.1, 0.15) is 25.0 Å². The largest absolute Gasteiger partial charge is 0.412 e. The van der Waals surface area contributed by atoms with Crippen LogP contribution in [0.25, 0.3) is 0 Å². The standard InChI is InChI=1S/C12H17N.H2O/c1-4-7-10-8-5-6-9-11(10)12(2,3)13;/h4-6,8-9H,1,7,13H2,2-3H3;1H2. The van der Waals surface area contributed by atoms with E-state index in [9.17, 15) is 0 Å². The number of rotatable bonds is 3. The predicted octanol–water partition coefficient (Wildman–Crippen LogP) is 1.78. The van der Waals surface area contributed by atoms with Crippen LogP contribution in [-0.2, 0) is 12.0 Å². The van der Waals surface area contributed by atoms with Crippen molar-refractivity contribution in [1.82, 2.24) is 0 Å². The highest BCUT2D eigenvalue weighted by Gasteiger charge is 2.16. The van der Waals surface area contributed by atoms with Crippen molar-refractivity contribution in [2.45, 2.75) is 25.8 Å². The monoisotopic (exact) mass is 193 g/mol. The molecule has 0 aromatic heterocycles. The van der Waals surface area contributed by atoms with Gasteiger partial charge < -0.3 is 11.2 Å². The van der Waals surface area contributed by atoms with E-state index in [1.54, 1.807) is 0 Å². The summed E-state index contributed by atoms with van der Waals surface area (Å²) in [6.07, 6.45) is 2.79. The molecule has 4 N–H and O–H groups in total. The van der Waals surface area contributed by atoms with E-state index >= 15 is 0 Å². The topological polar surface area (TPSA) is 57.5 Å². The summed E-state index contributed by atoms with van der Waals surface area (Å²) >= 11 is 0. The van der Waals surface area contributed by atoms with E-state index in [1.165, 1.54) is 11.1 Å². The molecule has 0 amide bonds. The van der Waals surface area contributed by atoms with Crippen LogP contribution in [0, 0.1) is 0 Å². The lowest BCUT2D eigenvalue weighted by Crippen LogP contribution is -2.29. The Morgan fingerprint density at radius 3 is 2.43 bits per heavy atom. The minimum absolute atomic E-state index is 0. The van der Waals surface area contributed by atoms with Gasteiger partial charge in [0.15, 0.2) is 0 Å². The first-order valence-corrected chi connectivity index (χ1v) is 4.54. The maximum absolute atomic E-state index is 6.05. The van der Waals surface area contributed by atoms with E-state index in [-0.39, 0.29) is 11.0 Å². The average molecular weight is 193 g/mol. The molecule has 14 heavy (non-hydrogen) atoms. The first kappa shape index (κ1) is 12.9. The van der Waals surface area contributed by atoms with Gasteiger partial charge in [-0.25, -0.2) is 0 Å². The minimum atomic E-state index is -0.264. The van der Waals surface area contributed by atoms with Crippen molar-refractivity contribution in [3.05, 3.63) is 48.0 Å². The molecule has 1 aromatic rings. The second-order valence-corrected chi connectivity index (χ2v) is 3.87. The highest BCUT2D eigenvalue weighted by atomic mass is 16.0. The van der Waals surface area contributed by atoms with Crippen molar-refractivity contribution in [2.24, 2.45) is 5.73 Å². The third-order valence-corrected chi connectivity index (χ3v) is 2.08. The molecule has 0 fully saturated rings. The van der Waals surface area contributed by atoms with E-state index in [0.717, 1.165) is 6.42 Å². The lowest BCUT2D eigenvalue weighted by Gasteiger charge is -2.22. The minimum Gasteiger partial charge on any atom is -0.412 e. The summed E-state index contributed by atoms with van der Waals surface area (Å²) in [6.45, 7) is 7.78. The lowest BCUT2D eigenvalue weighted by molar-refractivity contribution is 0.549. The van der Waals surface area contributed by atoms with Crippen LogP contribution in [-0.4, -0.2) is 5.48 Å². The molecule has 0 radical (unpaired) electrons. The van der Waals surface area contributed by atoms with Crippen LogP contribution in [0.2, 0.25) is 0 Å². The van der Waals surface area contributed by atoms with Crippen LogP contribution in [0.5, 0.6) is 0 Å². The third-order valence-electron chi connectivity index (χ3n) is 2.08. The van der Waals surface area contributed by atoms with Gasteiger partial charge in [-0.05, 0) is 31.4 Å². The van der Waals surface area contributed by atoms with Crippen molar-refractivity contribution in [3.63, 3.8) is 0 Å². The van der Waals surface area contributed by atoms with Gasteiger partial charge in [0.2, 0.25) is 0 Å². The maximum atomic E-state index is 6.05. The predicted molar refractivity (Wildman–Crippen MR) is 61.2 cm³/mol. The van der Waals surface area contributed by atoms with Gasteiger partial charge in [0, 0.05) is 5.54 Å². The highest BCUT2D eigenvalue weighted by molar-refractivity contribution is 5.33. The Kier molecular flexibility index (Phi) is 4.54. The normalized spacial score (nSPS) is 10.5. The van der Waals surface area contributed by atoms with Crippen molar-refractivity contribution in [2.75, 3.05) is 0 Å². The molecule has 1 aromatic carbocycles. The fraction of sp³-hybridized carbons (Fsp3) is 0.333. The number of hydrogen-bond donors (Lipinski definition) is 1. The van der Waals surface area contributed by atoms with Crippen molar-refractivity contribution in [3.8, 4) is 0 Å². The summed E-state index contributed by atoms with van der Waals surface area (Å²) in [7, 11) is 0. The fourth-order valence-corrected chi connectivity index (χ4v) is 1.48. The van der Waals surface area contributed by atoms with E-state index in [1.807, 2.05) is 32.1 Å². The molecule has 0 saturated heterocycles. The number of benzene rings is 1. The molecule has 2 nitrogen and oxygen atoms in total. The summed E-state index contributed by atoms with van der Waals surface area (Å²) in [6, 6.07) is 8.25. The van der Waals surface area contributed by atoms with Crippen molar-refractivity contribution in [1.29, 1.82) is 0 Å². The van der Waals surface area contributed by atoms with Gasteiger partial charge in [0.1, 0.15) is 0 Å². The molecule has 0 heterocycles. The quantitative estimate of drug-likeness (QED) is 0.731. The lowest BCUT2D eigenvalue weighted by atomic mass is 9.90. The number of hydrogen-bond acceptors (Lipinski definition) is 1.